The van der Waals surface area contributed by atoms with Gasteiger partial charge in [-0.1, -0.05) is 11.8 Å². The molecule has 4 fully saturated rings. The molecule has 5 heteroatoms. The van der Waals surface area contributed by atoms with E-state index in [0.29, 0.717) is 11.5 Å². The lowest BCUT2D eigenvalue weighted by molar-refractivity contribution is -0.141. The second-order valence-electron chi connectivity index (χ2n) is 7.72. The zero-order valence-electron chi connectivity index (χ0n) is 13.0. The molecule has 0 unspecified atom stereocenters. The molecule has 4 aliphatic carbocycles. The molecule has 0 aliphatic heterocycles. The Bertz CT molecular complexity index is 734. The summed E-state index contributed by atoms with van der Waals surface area (Å²) < 4.78 is 1.12. The lowest BCUT2D eigenvalue weighted by Gasteiger charge is -2.56. The van der Waals surface area contributed by atoms with Gasteiger partial charge in [0.1, 0.15) is 17.1 Å². The highest BCUT2D eigenvalue weighted by Crippen LogP contribution is 2.60. The molecule has 0 N–H and O–H groups in total. The van der Waals surface area contributed by atoms with Gasteiger partial charge in [0.25, 0.3) is 0 Å². The number of aromatic nitrogens is 2. The number of fused-ring (bicyclic) bond motifs is 1. The topological polar surface area (TPSA) is 42.9 Å². The summed E-state index contributed by atoms with van der Waals surface area (Å²) in [6.45, 7) is 0. The number of thiophene rings is 1. The molecule has 2 heterocycles. The normalized spacial score (nSPS) is 35.0. The number of carbonyl (C=O) groups excluding carboxylic acids is 1. The van der Waals surface area contributed by atoms with Gasteiger partial charge in [-0.05, 0) is 67.7 Å². The fourth-order valence-electron chi connectivity index (χ4n) is 5.61. The zero-order valence-corrected chi connectivity index (χ0v) is 14.7. The van der Waals surface area contributed by atoms with Crippen LogP contribution in [0.25, 0.3) is 10.2 Å². The first-order valence-corrected chi connectivity index (χ1v) is 10.4. The number of thioether (sulfide) groups is 1. The zero-order chi connectivity index (χ0) is 15.4. The SMILES string of the molecule is O=C(CSc1ncnc2ccsc12)C12CC3CC(CC(C3)C1)C2. The van der Waals surface area contributed by atoms with Crippen molar-refractivity contribution in [2.45, 2.75) is 43.6 Å². The van der Waals surface area contributed by atoms with Crippen LogP contribution in [0.3, 0.4) is 0 Å². The summed E-state index contributed by atoms with van der Waals surface area (Å²) in [6, 6.07) is 2.02. The molecular formula is C18H20N2OS2. The molecule has 4 aliphatic rings. The van der Waals surface area contributed by atoms with E-state index in [9.17, 15) is 4.79 Å². The summed E-state index contributed by atoms with van der Waals surface area (Å²) in [4.78, 5) is 21.8. The Labute approximate surface area is 144 Å². The maximum Gasteiger partial charge on any atom is 0.149 e. The third kappa shape index (κ3) is 2.35. The van der Waals surface area contributed by atoms with Gasteiger partial charge >= 0.3 is 0 Å². The van der Waals surface area contributed by atoms with E-state index in [1.54, 1.807) is 29.4 Å². The first-order chi connectivity index (χ1) is 11.2. The maximum absolute atomic E-state index is 13.1. The molecule has 23 heavy (non-hydrogen) atoms. The van der Waals surface area contributed by atoms with Gasteiger partial charge in [0.15, 0.2) is 0 Å². The van der Waals surface area contributed by atoms with Crippen LogP contribution in [0.15, 0.2) is 22.8 Å². The number of rotatable bonds is 4. The first-order valence-electron chi connectivity index (χ1n) is 8.56. The predicted octanol–water partition coefficient (Wildman–Crippen LogP) is 4.57. The summed E-state index contributed by atoms with van der Waals surface area (Å²) in [5.74, 6) is 3.57. The van der Waals surface area contributed by atoms with Gasteiger partial charge in [0.05, 0.1) is 16.0 Å². The second kappa shape index (κ2) is 5.28. The van der Waals surface area contributed by atoms with Crippen molar-refractivity contribution in [2.24, 2.45) is 23.2 Å². The average Bonchev–Trinajstić information content (AvgIpc) is 3.00. The molecule has 0 amide bonds. The molecule has 0 atom stereocenters. The van der Waals surface area contributed by atoms with Crippen LogP contribution in [0.4, 0.5) is 0 Å². The predicted molar refractivity (Wildman–Crippen MR) is 93.8 cm³/mol. The van der Waals surface area contributed by atoms with Gasteiger partial charge < -0.3 is 0 Å². The molecule has 6 rings (SSSR count). The average molecular weight is 345 g/mol. The van der Waals surface area contributed by atoms with Crippen LogP contribution in [0, 0.1) is 23.2 Å². The van der Waals surface area contributed by atoms with E-state index < -0.39 is 0 Å². The van der Waals surface area contributed by atoms with Crippen LogP contribution in [0.1, 0.15) is 38.5 Å². The van der Waals surface area contributed by atoms with Crippen molar-refractivity contribution in [3.05, 3.63) is 17.8 Å². The summed E-state index contributed by atoms with van der Waals surface area (Å²) in [5.41, 5.74) is 1.01. The fourth-order valence-corrected chi connectivity index (χ4v) is 7.59. The van der Waals surface area contributed by atoms with E-state index in [1.165, 1.54) is 19.3 Å². The number of carbonyl (C=O) groups is 1. The van der Waals surface area contributed by atoms with E-state index in [1.807, 2.05) is 11.4 Å². The minimum Gasteiger partial charge on any atom is -0.298 e. The van der Waals surface area contributed by atoms with Crippen LogP contribution in [0.5, 0.6) is 0 Å². The third-order valence-corrected chi connectivity index (χ3v) is 8.21. The molecule has 3 nitrogen and oxygen atoms in total. The molecule has 0 aromatic carbocycles. The number of Topliss-reactive ketones (excluding diaryl/α,β-unsaturated/α-hetero) is 1. The van der Waals surface area contributed by atoms with Crippen molar-refractivity contribution < 1.29 is 4.79 Å². The first kappa shape index (κ1) is 14.4. The van der Waals surface area contributed by atoms with Gasteiger partial charge in [-0.15, -0.1) is 11.3 Å². The van der Waals surface area contributed by atoms with Crippen molar-refractivity contribution in [1.82, 2.24) is 9.97 Å². The van der Waals surface area contributed by atoms with Crippen molar-refractivity contribution in [1.29, 1.82) is 0 Å². The Morgan fingerprint density at radius 2 is 1.87 bits per heavy atom. The highest BCUT2D eigenvalue weighted by Gasteiger charge is 2.54. The minimum absolute atomic E-state index is 0.0172. The molecule has 2 aromatic rings. The van der Waals surface area contributed by atoms with Gasteiger partial charge in [0, 0.05) is 5.41 Å². The summed E-state index contributed by atoms with van der Waals surface area (Å²) in [6.07, 6.45) is 9.28. The molecular weight excluding hydrogens is 324 g/mol. The van der Waals surface area contributed by atoms with Crippen molar-refractivity contribution in [3.63, 3.8) is 0 Å². The fraction of sp³-hybridized carbons (Fsp3) is 0.611. The second-order valence-corrected chi connectivity index (χ2v) is 9.60. The third-order valence-electron chi connectivity index (χ3n) is 6.18. The van der Waals surface area contributed by atoms with Crippen molar-refractivity contribution in [2.75, 3.05) is 5.75 Å². The van der Waals surface area contributed by atoms with E-state index in [2.05, 4.69) is 9.97 Å². The van der Waals surface area contributed by atoms with Crippen LogP contribution in [0.2, 0.25) is 0 Å². The van der Waals surface area contributed by atoms with Gasteiger partial charge in [-0.25, -0.2) is 9.97 Å². The number of ketones is 1. The highest BCUT2D eigenvalue weighted by molar-refractivity contribution is 8.00. The van der Waals surface area contributed by atoms with Crippen LogP contribution >= 0.6 is 23.1 Å². The lowest BCUT2D eigenvalue weighted by Crippen LogP contribution is -2.50. The smallest absolute Gasteiger partial charge is 0.149 e. The Morgan fingerprint density at radius 1 is 1.17 bits per heavy atom. The Kier molecular flexibility index (Phi) is 3.31. The Balaban J connectivity index is 1.35. The number of nitrogens with zero attached hydrogens (tertiary/aromatic N) is 2. The summed E-state index contributed by atoms with van der Waals surface area (Å²) >= 11 is 3.29. The quantitative estimate of drug-likeness (QED) is 0.602. The monoisotopic (exact) mass is 344 g/mol. The Morgan fingerprint density at radius 3 is 2.57 bits per heavy atom. The largest absolute Gasteiger partial charge is 0.298 e. The van der Waals surface area contributed by atoms with E-state index in [0.717, 1.165) is 52.3 Å². The van der Waals surface area contributed by atoms with Crippen LogP contribution < -0.4 is 0 Å². The highest BCUT2D eigenvalue weighted by atomic mass is 32.2. The molecule has 0 saturated heterocycles. The molecule has 4 bridgehead atoms. The lowest BCUT2D eigenvalue weighted by atomic mass is 9.48. The summed E-state index contributed by atoms with van der Waals surface area (Å²) in [7, 11) is 0. The van der Waals surface area contributed by atoms with E-state index in [4.69, 9.17) is 0 Å². The standard InChI is InChI=1S/C18H20N2OS2/c21-15(9-23-17-16-14(1-2-22-16)19-10-20-17)18-6-11-3-12(7-18)5-13(4-11)8-18/h1-2,10-13H,3-9H2. The molecule has 2 aromatic heterocycles. The van der Waals surface area contributed by atoms with Crippen LogP contribution in [-0.2, 0) is 4.79 Å². The van der Waals surface area contributed by atoms with Gasteiger partial charge in [-0.3, -0.25) is 4.79 Å². The minimum atomic E-state index is 0.0172. The molecule has 0 spiro atoms. The summed E-state index contributed by atoms with van der Waals surface area (Å²) in [5, 5.41) is 3.02. The molecule has 120 valence electrons. The van der Waals surface area contributed by atoms with Crippen molar-refractivity contribution >= 4 is 39.1 Å². The Hall–Kier alpha value is -0.940. The van der Waals surface area contributed by atoms with E-state index in [-0.39, 0.29) is 5.41 Å². The van der Waals surface area contributed by atoms with Crippen LogP contribution in [-0.4, -0.2) is 21.5 Å². The van der Waals surface area contributed by atoms with Gasteiger partial charge in [-0.2, -0.15) is 0 Å². The molecule has 4 saturated carbocycles. The molecule has 0 radical (unpaired) electrons. The number of hydrogen-bond donors (Lipinski definition) is 0. The number of hydrogen-bond acceptors (Lipinski definition) is 5. The van der Waals surface area contributed by atoms with Crippen molar-refractivity contribution in [3.8, 4) is 0 Å². The van der Waals surface area contributed by atoms with E-state index >= 15 is 0 Å². The maximum atomic E-state index is 13.1. The van der Waals surface area contributed by atoms with Gasteiger partial charge in [0.2, 0.25) is 0 Å².